The Kier molecular flexibility index (Phi) is 3.18. The fourth-order valence-corrected chi connectivity index (χ4v) is 1.25. The van der Waals surface area contributed by atoms with E-state index in [0.717, 1.165) is 0 Å². The van der Waals surface area contributed by atoms with Gasteiger partial charge in [0.1, 0.15) is 5.69 Å². The van der Waals surface area contributed by atoms with Crippen LogP contribution in [0.1, 0.15) is 28.0 Å². The van der Waals surface area contributed by atoms with Crippen molar-refractivity contribution in [3.63, 3.8) is 0 Å². The van der Waals surface area contributed by atoms with Crippen LogP contribution in [-0.4, -0.2) is 18.0 Å². The molecule has 1 aromatic rings. The van der Waals surface area contributed by atoms with E-state index >= 15 is 0 Å². The van der Waals surface area contributed by atoms with Gasteiger partial charge in [-0.15, -0.1) is 0 Å². The second-order valence-electron chi connectivity index (χ2n) is 2.91. The Labute approximate surface area is 85.1 Å². The Hall–Kier alpha value is -1.72. The maximum Gasteiger partial charge on any atom is 0.281 e. The lowest BCUT2D eigenvalue weighted by Crippen LogP contribution is -2.17. The smallest absolute Gasteiger partial charge is 0.281 e. The van der Waals surface area contributed by atoms with E-state index in [1.165, 1.54) is 20.1 Å². The Morgan fingerprint density at radius 1 is 1.60 bits per heavy atom. The van der Waals surface area contributed by atoms with Crippen LogP contribution in [0.25, 0.3) is 0 Å². The van der Waals surface area contributed by atoms with E-state index in [1.54, 1.807) is 0 Å². The number of amides is 1. The van der Waals surface area contributed by atoms with Crippen molar-refractivity contribution in [2.75, 3.05) is 7.11 Å². The standard InChI is InChI=1S/C9H10F2N2O2/c1-4-3-5(15-2)13-7(8(10)11)6(4)9(12)14/h3,8H,1-2H3,(H2,12,14). The normalized spacial score (nSPS) is 10.5. The molecule has 0 unspecified atom stereocenters. The van der Waals surface area contributed by atoms with Crippen LogP contribution in [0, 0.1) is 6.92 Å². The number of nitrogens with two attached hydrogens (primary N) is 1. The third-order valence-electron chi connectivity index (χ3n) is 1.88. The fraction of sp³-hybridized carbons (Fsp3) is 0.333. The summed E-state index contributed by atoms with van der Waals surface area (Å²) < 4.78 is 29.8. The minimum absolute atomic E-state index is 0.0350. The summed E-state index contributed by atoms with van der Waals surface area (Å²) in [5.74, 6) is -0.884. The summed E-state index contributed by atoms with van der Waals surface area (Å²) in [4.78, 5) is 14.5. The molecule has 0 radical (unpaired) electrons. The van der Waals surface area contributed by atoms with Crippen molar-refractivity contribution in [2.45, 2.75) is 13.3 Å². The van der Waals surface area contributed by atoms with Crippen molar-refractivity contribution < 1.29 is 18.3 Å². The lowest BCUT2D eigenvalue weighted by atomic mass is 10.1. The molecule has 2 N–H and O–H groups in total. The Morgan fingerprint density at radius 2 is 2.20 bits per heavy atom. The molecule has 1 aromatic heterocycles. The lowest BCUT2D eigenvalue weighted by molar-refractivity contribution is 0.0981. The molecule has 1 amide bonds. The first-order valence-electron chi connectivity index (χ1n) is 4.10. The van der Waals surface area contributed by atoms with Gasteiger partial charge in [-0.1, -0.05) is 0 Å². The molecule has 82 valence electrons. The van der Waals surface area contributed by atoms with Crippen LogP contribution in [0.15, 0.2) is 6.07 Å². The van der Waals surface area contributed by atoms with Gasteiger partial charge in [-0.25, -0.2) is 13.8 Å². The molecule has 1 heterocycles. The number of alkyl halides is 2. The quantitative estimate of drug-likeness (QED) is 0.831. The number of methoxy groups -OCH3 is 1. The molecule has 0 aliphatic heterocycles. The van der Waals surface area contributed by atoms with Gasteiger partial charge < -0.3 is 10.5 Å². The molecular formula is C9H10F2N2O2. The van der Waals surface area contributed by atoms with Gasteiger partial charge in [0.2, 0.25) is 5.88 Å². The third kappa shape index (κ3) is 2.20. The first kappa shape index (κ1) is 11.4. The first-order chi connectivity index (χ1) is 6.97. The van der Waals surface area contributed by atoms with E-state index in [9.17, 15) is 13.6 Å². The molecule has 0 atom stereocenters. The Balaban J connectivity index is 3.42. The van der Waals surface area contributed by atoms with Crippen LogP contribution in [0.4, 0.5) is 8.78 Å². The van der Waals surface area contributed by atoms with Gasteiger partial charge >= 0.3 is 0 Å². The van der Waals surface area contributed by atoms with E-state index in [4.69, 9.17) is 10.5 Å². The van der Waals surface area contributed by atoms with Crippen LogP contribution in [0.3, 0.4) is 0 Å². The zero-order valence-electron chi connectivity index (χ0n) is 8.25. The molecule has 0 aliphatic carbocycles. The van der Waals surface area contributed by atoms with Gasteiger partial charge in [-0.2, -0.15) is 0 Å². The number of aryl methyl sites for hydroxylation is 1. The average molecular weight is 216 g/mol. The van der Waals surface area contributed by atoms with Crippen molar-refractivity contribution >= 4 is 5.91 Å². The van der Waals surface area contributed by atoms with E-state index in [2.05, 4.69) is 4.98 Å². The van der Waals surface area contributed by atoms with Gasteiger partial charge in [-0.05, 0) is 12.5 Å². The lowest BCUT2D eigenvalue weighted by Gasteiger charge is -2.10. The van der Waals surface area contributed by atoms with Crippen molar-refractivity contribution in [3.8, 4) is 5.88 Å². The number of primary amides is 1. The molecule has 1 rings (SSSR count). The van der Waals surface area contributed by atoms with E-state index in [1.807, 2.05) is 0 Å². The number of hydrogen-bond acceptors (Lipinski definition) is 3. The molecule has 4 nitrogen and oxygen atoms in total. The number of hydrogen-bond donors (Lipinski definition) is 1. The molecule has 6 heteroatoms. The zero-order valence-corrected chi connectivity index (χ0v) is 8.25. The number of halogens is 2. The van der Waals surface area contributed by atoms with E-state index in [0.29, 0.717) is 5.56 Å². The summed E-state index contributed by atoms with van der Waals surface area (Å²) in [6.07, 6.45) is -2.86. The summed E-state index contributed by atoms with van der Waals surface area (Å²) in [7, 11) is 1.31. The minimum atomic E-state index is -2.86. The van der Waals surface area contributed by atoms with E-state index < -0.39 is 18.0 Å². The van der Waals surface area contributed by atoms with Crippen molar-refractivity contribution in [1.29, 1.82) is 0 Å². The second-order valence-corrected chi connectivity index (χ2v) is 2.91. The maximum absolute atomic E-state index is 12.6. The zero-order chi connectivity index (χ0) is 11.6. The van der Waals surface area contributed by atoms with Gasteiger partial charge in [0.05, 0.1) is 12.7 Å². The van der Waals surface area contributed by atoms with Gasteiger partial charge in [0.15, 0.2) is 0 Å². The highest BCUT2D eigenvalue weighted by molar-refractivity contribution is 5.95. The van der Waals surface area contributed by atoms with Crippen LogP contribution in [0.5, 0.6) is 5.88 Å². The second kappa shape index (κ2) is 4.20. The number of nitrogens with zero attached hydrogens (tertiary/aromatic N) is 1. The molecule has 0 spiro atoms. The molecule has 0 saturated carbocycles. The highest BCUT2D eigenvalue weighted by Crippen LogP contribution is 2.26. The monoisotopic (exact) mass is 216 g/mol. The highest BCUT2D eigenvalue weighted by Gasteiger charge is 2.21. The van der Waals surface area contributed by atoms with Crippen molar-refractivity contribution in [3.05, 3.63) is 22.9 Å². The number of pyridine rings is 1. The Morgan fingerprint density at radius 3 is 2.60 bits per heavy atom. The summed E-state index contributed by atoms with van der Waals surface area (Å²) in [5.41, 5.74) is 4.43. The topological polar surface area (TPSA) is 65.2 Å². The first-order valence-corrected chi connectivity index (χ1v) is 4.10. The van der Waals surface area contributed by atoms with Gasteiger partial charge in [0, 0.05) is 6.07 Å². The van der Waals surface area contributed by atoms with E-state index in [-0.39, 0.29) is 11.4 Å². The van der Waals surface area contributed by atoms with Crippen LogP contribution in [-0.2, 0) is 0 Å². The van der Waals surface area contributed by atoms with Gasteiger partial charge in [-0.3, -0.25) is 4.79 Å². The van der Waals surface area contributed by atoms with Crippen LogP contribution in [0.2, 0.25) is 0 Å². The summed E-state index contributed by atoms with van der Waals surface area (Å²) in [5, 5.41) is 0. The van der Waals surface area contributed by atoms with Crippen LogP contribution >= 0.6 is 0 Å². The molecule has 0 saturated heterocycles. The predicted molar refractivity (Wildman–Crippen MR) is 49.0 cm³/mol. The number of rotatable bonds is 3. The molecule has 15 heavy (non-hydrogen) atoms. The summed E-state index contributed by atoms with van der Waals surface area (Å²) in [6.45, 7) is 1.50. The van der Waals surface area contributed by atoms with Crippen molar-refractivity contribution in [1.82, 2.24) is 4.98 Å². The highest BCUT2D eigenvalue weighted by atomic mass is 19.3. The summed E-state index contributed by atoms with van der Waals surface area (Å²) >= 11 is 0. The fourth-order valence-electron chi connectivity index (χ4n) is 1.25. The predicted octanol–water partition coefficient (Wildman–Crippen LogP) is 1.44. The number of carbonyl (C=O) groups is 1. The number of aromatic nitrogens is 1. The largest absolute Gasteiger partial charge is 0.481 e. The molecular weight excluding hydrogens is 206 g/mol. The van der Waals surface area contributed by atoms with Crippen molar-refractivity contribution in [2.24, 2.45) is 5.73 Å². The minimum Gasteiger partial charge on any atom is -0.481 e. The molecule has 0 aromatic carbocycles. The van der Waals surface area contributed by atoms with Gasteiger partial charge in [0.25, 0.3) is 12.3 Å². The molecule has 0 fully saturated rings. The third-order valence-corrected chi connectivity index (χ3v) is 1.88. The molecule has 0 bridgehead atoms. The Bertz CT molecular complexity index is 394. The maximum atomic E-state index is 12.6. The SMILES string of the molecule is COc1cc(C)c(C(N)=O)c(C(F)F)n1. The number of carbonyl (C=O) groups excluding carboxylic acids is 1. The number of ether oxygens (including phenoxy) is 1. The van der Waals surface area contributed by atoms with Crippen LogP contribution < -0.4 is 10.5 Å². The molecule has 0 aliphatic rings. The average Bonchev–Trinajstić information content (AvgIpc) is 2.15. The summed E-state index contributed by atoms with van der Waals surface area (Å²) in [6, 6.07) is 1.38.